The molecule has 0 atom stereocenters. The van der Waals surface area contributed by atoms with Crippen molar-refractivity contribution in [2.75, 3.05) is 26.7 Å². The van der Waals surface area contributed by atoms with Gasteiger partial charge in [-0.05, 0) is 26.8 Å². The first-order valence-corrected chi connectivity index (χ1v) is 11.5. The monoisotopic (exact) mass is 516 g/mol. The number of carbonyl (C=O) groups is 4. The summed E-state index contributed by atoms with van der Waals surface area (Å²) in [7, 11) is 1.54. The number of rotatable bonds is 10. The van der Waals surface area contributed by atoms with Crippen LogP contribution in [0.15, 0.2) is 34.7 Å². The summed E-state index contributed by atoms with van der Waals surface area (Å²) in [5.41, 5.74) is -0.441. The van der Waals surface area contributed by atoms with Gasteiger partial charge in [-0.25, -0.2) is 4.79 Å². The number of Topliss-reactive ketones (excluding diaryl/α,β-unsaturated/α-hetero) is 1. The van der Waals surface area contributed by atoms with E-state index < -0.39 is 17.7 Å². The van der Waals surface area contributed by atoms with Crippen molar-refractivity contribution in [3.05, 3.63) is 36.1 Å². The molecule has 200 valence electrons. The van der Waals surface area contributed by atoms with E-state index in [4.69, 9.17) is 23.7 Å². The van der Waals surface area contributed by atoms with E-state index in [1.54, 1.807) is 32.9 Å². The van der Waals surface area contributed by atoms with E-state index in [1.807, 2.05) is 18.2 Å². The lowest BCUT2D eigenvalue weighted by Crippen LogP contribution is -2.27. The molecule has 3 rings (SSSR count). The van der Waals surface area contributed by atoms with Crippen LogP contribution in [0.5, 0.6) is 11.5 Å². The standard InChI is InChI=1S/C20H20O6.C6H12N2O3/c1-11(21)15-10-14-16(23-5)12-8-6-7-9-13(12)17(18(14)24-15)25-19(22)26-20(2,3)4;9-5-8-4-3-7-2-1-6(10)11/h6-10H,1-5H3;5,7H,1-4H2,(H,8,9)(H,10,11). The Bertz CT molecular complexity index is 1260. The Balaban J connectivity index is 0.000000371. The van der Waals surface area contributed by atoms with Crippen LogP contribution in [0.4, 0.5) is 4.79 Å². The van der Waals surface area contributed by atoms with E-state index in [-0.39, 0.29) is 29.3 Å². The van der Waals surface area contributed by atoms with Crippen LogP contribution in [0.1, 0.15) is 44.7 Å². The molecule has 0 saturated heterocycles. The van der Waals surface area contributed by atoms with Gasteiger partial charge in [-0.15, -0.1) is 0 Å². The number of fused-ring (bicyclic) bond motifs is 2. The summed E-state index contributed by atoms with van der Waals surface area (Å²) in [6.07, 6.45) is -0.130. The number of benzene rings is 2. The van der Waals surface area contributed by atoms with Gasteiger partial charge in [0.05, 0.1) is 18.9 Å². The zero-order valence-electron chi connectivity index (χ0n) is 21.5. The molecule has 0 spiro atoms. The number of amides is 1. The number of carboxylic acids is 1. The van der Waals surface area contributed by atoms with Gasteiger partial charge in [0.2, 0.25) is 6.41 Å². The van der Waals surface area contributed by atoms with Gasteiger partial charge >= 0.3 is 12.1 Å². The van der Waals surface area contributed by atoms with Crippen LogP contribution in [0.25, 0.3) is 21.7 Å². The summed E-state index contributed by atoms with van der Waals surface area (Å²) in [6, 6.07) is 8.87. The van der Waals surface area contributed by atoms with Gasteiger partial charge in [-0.1, -0.05) is 24.3 Å². The van der Waals surface area contributed by atoms with E-state index in [0.29, 0.717) is 42.6 Å². The predicted octanol–water partition coefficient (Wildman–Crippen LogP) is 3.91. The number of hydrogen-bond acceptors (Lipinski definition) is 9. The Morgan fingerprint density at radius 3 is 2.22 bits per heavy atom. The van der Waals surface area contributed by atoms with Crippen molar-refractivity contribution in [3.63, 3.8) is 0 Å². The fourth-order valence-electron chi connectivity index (χ4n) is 3.26. The van der Waals surface area contributed by atoms with E-state index in [0.717, 1.165) is 5.39 Å². The zero-order chi connectivity index (χ0) is 27.6. The van der Waals surface area contributed by atoms with E-state index >= 15 is 0 Å². The number of carboxylic acid groups (broad SMARTS) is 1. The lowest BCUT2D eigenvalue weighted by Gasteiger charge is -2.19. The number of hydrogen-bond donors (Lipinski definition) is 3. The second-order valence-electron chi connectivity index (χ2n) is 8.85. The maximum Gasteiger partial charge on any atom is 0.514 e. The molecule has 2 aromatic carbocycles. The number of carbonyl (C=O) groups excluding carboxylic acids is 3. The molecular formula is C26H32N2O9. The second-order valence-corrected chi connectivity index (χ2v) is 8.85. The molecule has 0 aliphatic rings. The number of ketones is 1. The van der Waals surface area contributed by atoms with Gasteiger partial charge in [0.1, 0.15) is 11.4 Å². The lowest BCUT2D eigenvalue weighted by molar-refractivity contribution is -0.136. The Hall–Kier alpha value is -4.12. The molecule has 1 heterocycles. The highest BCUT2D eigenvalue weighted by Gasteiger charge is 2.25. The summed E-state index contributed by atoms with van der Waals surface area (Å²) in [4.78, 5) is 43.7. The van der Waals surface area contributed by atoms with Crippen LogP contribution < -0.4 is 20.1 Å². The quantitative estimate of drug-likeness (QED) is 0.119. The number of aliphatic carboxylic acids is 1. The molecule has 0 radical (unpaired) electrons. The largest absolute Gasteiger partial charge is 0.514 e. The van der Waals surface area contributed by atoms with Gasteiger partial charge in [0.15, 0.2) is 22.9 Å². The SMILES string of the molecule is COc1c2ccccc2c(OC(=O)OC(C)(C)C)c2oc(C(C)=O)cc12.O=CNCCNCCC(=O)O. The molecule has 0 bridgehead atoms. The molecule has 0 aliphatic heterocycles. The highest BCUT2D eigenvalue weighted by Crippen LogP contribution is 2.44. The van der Waals surface area contributed by atoms with E-state index in [9.17, 15) is 19.2 Å². The lowest BCUT2D eigenvalue weighted by atomic mass is 10.1. The van der Waals surface area contributed by atoms with Crippen molar-refractivity contribution in [3.8, 4) is 11.5 Å². The highest BCUT2D eigenvalue weighted by atomic mass is 16.7. The molecule has 0 unspecified atom stereocenters. The second kappa shape index (κ2) is 13.3. The zero-order valence-corrected chi connectivity index (χ0v) is 21.5. The van der Waals surface area contributed by atoms with Crippen LogP contribution in [0, 0.1) is 0 Å². The molecule has 0 fully saturated rings. The first-order chi connectivity index (χ1) is 17.5. The van der Waals surface area contributed by atoms with Crippen molar-refractivity contribution in [1.29, 1.82) is 0 Å². The van der Waals surface area contributed by atoms with Gasteiger partial charge in [0.25, 0.3) is 0 Å². The molecule has 0 aliphatic carbocycles. The van der Waals surface area contributed by atoms with Gasteiger partial charge < -0.3 is 34.4 Å². The average molecular weight is 517 g/mol. The number of ether oxygens (including phenoxy) is 3. The fraction of sp³-hybridized carbons (Fsp3) is 0.385. The minimum absolute atomic E-state index is 0.112. The van der Waals surface area contributed by atoms with Gasteiger partial charge in [0, 0.05) is 37.3 Å². The van der Waals surface area contributed by atoms with E-state index in [1.165, 1.54) is 14.0 Å². The van der Waals surface area contributed by atoms with E-state index in [2.05, 4.69) is 10.6 Å². The van der Waals surface area contributed by atoms with Crippen LogP contribution in [0.3, 0.4) is 0 Å². The third-order valence-electron chi connectivity index (χ3n) is 4.77. The minimum atomic E-state index is -0.852. The number of furan rings is 1. The molecular weight excluding hydrogens is 484 g/mol. The normalized spacial score (nSPS) is 10.8. The van der Waals surface area contributed by atoms with Crippen molar-refractivity contribution in [2.24, 2.45) is 0 Å². The first-order valence-electron chi connectivity index (χ1n) is 11.5. The van der Waals surface area contributed by atoms with Crippen molar-refractivity contribution in [1.82, 2.24) is 10.6 Å². The molecule has 3 N–H and O–H groups in total. The van der Waals surface area contributed by atoms with Gasteiger partial charge in [-0.3, -0.25) is 14.4 Å². The molecule has 1 aromatic heterocycles. The van der Waals surface area contributed by atoms with Crippen LogP contribution >= 0.6 is 0 Å². The number of methoxy groups -OCH3 is 1. The fourth-order valence-corrected chi connectivity index (χ4v) is 3.26. The van der Waals surface area contributed by atoms with Crippen molar-refractivity contribution >= 4 is 46.1 Å². The van der Waals surface area contributed by atoms with Crippen LogP contribution in [-0.4, -0.2) is 61.8 Å². The summed E-state index contributed by atoms with van der Waals surface area (Å²) < 4.78 is 21.9. The topological polar surface area (TPSA) is 153 Å². The minimum Gasteiger partial charge on any atom is -0.495 e. The Morgan fingerprint density at radius 1 is 1.03 bits per heavy atom. The molecule has 0 saturated carbocycles. The van der Waals surface area contributed by atoms with Crippen LogP contribution in [-0.2, 0) is 14.3 Å². The Kier molecular flexibility index (Phi) is 10.4. The Labute approximate surface area is 214 Å². The summed E-state index contributed by atoms with van der Waals surface area (Å²) in [5, 5.41) is 15.4. The predicted molar refractivity (Wildman–Crippen MR) is 136 cm³/mol. The molecule has 3 aromatic rings. The molecule has 11 nitrogen and oxygen atoms in total. The van der Waals surface area contributed by atoms with Crippen LogP contribution in [0.2, 0.25) is 0 Å². The smallest absolute Gasteiger partial charge is 0.495 e. The summed E-state index contributed by atoms with van der Waals surface area (Å²) in [5.74, 6) is -0.166. The maximum absolute atomic E-state index is 12.2. The first kappa shape index (κ1) is 29.1. The molecule has 11 heteroatoms. The van der Waals surface area contributed by atoms with Gasteiger partial charge in [-0.2, -0.15) is 0 Å². The number of nitrogens with one attached hydrogen (secondary N) is 2. The molecule has 37 heavy (non-hydrogen) atoms. The third-order valence-corrected chi connectivity index (χ3v) is 4.77. The maximum atomic E-state index is 12.2. The summed E-state index contributed by atoms with van der Waals surface area (Å²) in [6.45, 7) is 8.22. The summed E-state index contributed by atoms with van der Waals surface area (Å²) >= 11 is 0. The van der Waals surface area contributed by atoms with Crippen molar-refractivity contribution < 1.29 is 42.9 Å². The molecule has 1 amide bonds. The van der Waals surface area contributed by atoms with Crippen molar-refractivity contribution in [2.45, 2.75) is 39.7 Å². The Morgan fingerprint density at radius 2 is 1.68 bits per heavy atom. The highest BCUT2D eigenvalue weighted by molar-refractivity contribution is 6.11. The third kappa shape index (κ3) is 8.50. The average Bonchev–Trinajstić information content (AvgIpc) is 3.26.